The number of nitrogens with two attached hydrogens (primary N) is 1. The molecule has 0 aliphatic rings. The zero-order valence-electron chi connectivity index (χ0n) is 8.50. The average molecular weight is 267 g/mol. The molecule has 1 rings (SSSR count). The largest absolute Gasteiger partial charge is 0.352 e. The van der Waals surface area contributed by atoms with Gasteiger partial charge in [0.15, 0.2) is 0 Å². The van der Waals surface area contributed by atoms with Crippen LogP contribution >= 0.6 is 24.0 Å². The highest BCUT2D eigenvalue weighted by Crippen LogP contribution is 2.15. The van der Waals surface area contributed by atoms with Gasteiger partial charge in [0.05, 0.1) is 5.02 Å². The van der Waals surface area contributed by atoms with Crippen LogP contribution in [0.2, 0.25) is 5.02 Å². The fraction of sp³-hybridized carbons (Fsp3) is 0.300. The van der Waals surface area contributed by atoms with Gasteiger partial charge in [-0.05, 0) is 17.7 Å². The number of nitrogens with one attached hydrogen (secondary N) is 1. The van der Waals surface area contributed by atoms with E-state index in [9.17, 15) is 9.18 Å². The molecule has 1 aromatic rings. The Morgan fingerprint density at radius 1 is 1.50 bits per heavy atom. The number of amides is 1. The third kappa shape index (κ3) is 4.79. The van der Waals surface area contributed by atoms with Gasteiger partial charge in [0.25, 0.3) is 0 Å². The summed E-state index contributed by atoms with van der Waals surface area (Å²) in [6, 6.07) is 4.33. The first-order valence-electron chi connectivity index (χ1n) is 4.54. The van der Waals surface area contributed by atoms with Crippen molar-refractivity contribution < 1.29 is 9.18 Å². The number of carbonyl (C=O) groups excluding carboxylic acids is 1. The van der Waals surface area contributed by atoms with Gasteiger partial charge in [-0.3, -0.25) is 4.79 Å². The maximum Gasteiger partial charge on any atom is 0.221 e. The Morgan fingerprint density at radius 2 is 2.19 bits per heavy atom. The molecule has 0 aromatic heterocycles. The summed E-state index contributed by atoms with van der Waals surface area (Å²) in [5.41, 5.74) is 5.97. The van der Waals surface area contributed by atoms with E-state index in [4.69, 9.17) is 17.3 Å². The van der Waals surface area contributed by atoms with Gasteiger partial charge in [-0.2, -0.15) is 0 Å². The lowest BCUT2D eigenvalue weighted by Crippen LogP contribution is -2.24. The molecule has 0 atom stereocenters. The average Bonchev–Trinajstić information content (AvgIpc) is 2.20. The van der Waals surface area contributed by atoms with Crippen LogP contribution in [0.5, 0.6) is 0 Å². The van der Waals surface area contributed by atoms with Crippen molar-refractivity contribution >= 4 is 29.9 Å². The monoisotopic (exact) mass is 266 g/mol. The Hall–Kier alpha value is -0.840. The van der Waals surface area contributed by atoms with Crippen LogP contribution < -0.4 is 11.1 Å². The minimum absolute atomic E-state index is 0. The molecule has 0 bridgehead atoms. The van der Waals surface area contributed by atoms with Crippen molar-refractivity contribution in [2.75, 3.05) is 6.54 Å². The van der Waals surface area contributed by atoms with Gasteiger partial charge in [0.2, 0.25) is 5.91 Å². The van der Waals surface area contributed by atoms with Crippen LogP contribution in [-0.4, -0.2) is 12.5 Å². The molecule has 0 fully saturated rings. The smallest absolute Gasteiger partial charge is 0.221 e. The van der Waals surface area contributed by atoms with Gasteiger partial charge < -0.3 is 11.1 Å². The fourth-order valence-corrected chi connectivity index (χ4v) is 1.27. The van der Waals surface area contributed by atoms with Gasteiger partial charge in [-0.25, -0.2) is 4.39 Å². The zero-order chi connectivity index (χ0) is 11.3. The van der Waals surface area contributed by atoms with Crippen LogP contribution in [0.1, 0.15) is 12.0 Å². The lowest BCUT2D eigenvalue weighted by Gasteiger charge is -2.05. The quantitative estimate of drug-likeness (QED) is 0.874. The Bertz CT molecular complexity index is 361. The molecule has 6 heteroatoms. The van der Waals surface area contributed by atoms with E-state index in [0.29, 0.717) is 13.1 Å². The first kappa shape index (κ1) is 15.2. The number of rotatable bonds is 4. The molecule has 0 unspecified atom stereocenters. The summed E-state index contributed by atoms with van der Waals surface area (Å²) < 4.78 is 12.8. The van der Waals surface area contributed by atoms with Crippen molar-refractivity contribution in [1.29, 1.82) is 0 Å². The predicted molar refractivity (Wildman–Crippen MR) is 64.2 cm³/mol. The predicted octanol–water partition coefficient (Wildman–Crippen LogP) is 1.87. The highest BCUT2D eigenvalue weighted by atomic mass is 35.5. The summed E-state index contributed by atoms with van der Waals surface area (Å²) in [6.45, 7) is 0.648. The van der Waals surface area contributed by atoms with Crippen molar-refractivity contribution in [2.24, 2.45) is 5.73 Å². The first-order valence-corrected chi connectivity index (χ1v) is 4.92. The van der Waals surface area contributed by atoms with E-state index in [1.165, 1.54) is 12.1 Å². The van der Waals surface area contributed by atoms with Crippen molar-refractivity contribution in [3.63, 3.8) is 0 Å². The van der Waals surface area contributed by atoms with Crippen LogP contribution in [0.15, 0.2) is 18.2 Å². The summed E-state index contributed by atoms with van der Waals surface area (Å²) in [6.07, 6.45) is 0.287. The highest BCUT2D eigenvalue weighted by Gasteiger charge is 2.02. The number of halogens is 3. The Kier molecular flexibility index (Phi) is 7.05. The molecule has 0 aliphatic heterocycles. The van der Waals surface area contributed by atoms with E-state index in [1.807, 2.05) is 0 Å². The lowest BCUT2D eigenvalue weighted by atomic mass is 10.2. The van der Waals surface area contributed by atoms with Crippen molar-refractivity contribution in [3.05, 3.63) is 34.6 Å². The Labute approximate surface area is 105 Å². The summed E-state index contributed by atoms with van der Waals surface area (Å²) in [5.74, 6) is -0.591. The van der Waals surface area contributed by atoms with E-state index < -0.39 is 5.82 Å². The number of benzene rings is 1. The molecular weight excluding hydrogens is 254 g/mol. The molecule has 90 valence electrons. The van der Waals surface area contributed by atoms with Crippen LogP contribution in [0.25, 0.3) is 0 Å². The van der Waals surface area contributed by atoms with E-state index in [-0.39, 0.29) is 29.8 Å². The van der Waals surface area contributed by atoms with E-state index in [1.54, 1.807) is 6.07 Å². The number of hydrogen-bond acceptors (Lipinski definition) is 2. The Morgan fingerprint density at radius 3 is 2.75 bits per heavy atom. The summed E-state index contributed by atoms with van der Waals surface area (Å²) in [5, 5.41) is 2.70. The number of carbonyl (C=O) groups is 1. The van der Waals surface area contributed by atoms with Crippen LogP contribution in [0, 0.1) is 5.82 Å². The minimum atomic E-state index is -0.464. The van der Waals surface area contributed by atoms with E-state index in [0.717, 1.165) is 5.56 Å². The maximum absolute atomic E-state index is 12.8. The van der Waals surface area contributed by atoms with Crippen LogP contribution in [-0.2, 0) is 11.3 Å². The molecule has 0 aliphatic carbocycles. The van der Waals surface area contributed by atoms with Crippen LogP contribution in [0.3, 0.4) is 0 Å². The topological polar surface area (TPSA) is 55.1 Å². The third-order valence-electron chi connectivity index (χ3n) is 1.85. The zero-order valence-corrected chi connectivity index (χ0v) is 10.1. The Balaban J connectivity index is 0.00000225. The third-order valence-corrected chi connectivity index (χ3v) is 2.13. The van der Waals surface area contributed by atoms with E-state index >= 15 is 0 Å². The summed E-state index contributed by atoms with van der Waals surface area (Å²) in [4.78, 5) is 11.1. The molecule has 0 saturated heterocycles. The molecule has 3 nitrogen and oxygen atoms in total. The van der Waals surface area contributed by atoms with Gasteiger partial charge in [0.1, 0.15) is 5.82 Å². The number of hydrogen-bond donors (Lipinski definition) is 2. The molecule has 0 saturated carbocycles. The molecule has 1 aromatic carbocycles. The van der Waals surface area contributed by atoms with Gasteiger partial charge in [0, 0.05) is 19.5 Å². The second-order valence-electron chi connectivity index (χ2n) is 3.06. The maximum atomic E-state index is 12.8. The van der Waals surface area contributed by atoms with Crippen LogP contribution in [0.4, 0.5) is 4.39 Å². The van der Waals surface area contributed by atoms with E-state index in [2.05, 4.69) is 5.32 Å². The molecule has 0 radical (unpaired) electrons. The molecule has 0 heterocycles. The summed E-state index contributed by atoms with van der Waals surface area (Å²) >= 11 is 5.58. The highest BCUT2D eigenvalue weighted by molar-refractivity contribution is 6.30. The molecule has 3 N–H and O–H groups in total. The standard InChI is InChI=1S/C10H12ClFN2O.ClH/c11-8-5-7(1-2-9(8)12)6-14-10(15)3-4-13;/h1-2,5H,3-4,6,13H2,(H,14,15);1H. The van der Waals surface area contributed by atoms with Crippen molar-refractivity contribution in [1.82, 2.24) is 5.32 Å². The van der Waals surface area contributed by atoms with Crippen molar-refractivity contribution in [3.8, 4) is 0 Å². The SMILES string of the molecule is Cl.NCCC(=O)NCc1ccc(F)c(Cl)c1. The molecular formula is C10H13Cl2FN2O. The summed E-state index contributed by atoms with van der Waals surface area (Å²) in [7, 11) is 0. The second kappa shape index (κ2) is 7.44. The normalized spacial score (nSPS) is 9.44. The minimum Gasteiger partial charge on any atom is -0.352 e. The molecule has 0 spiro atoms. The lowest BCUT2D eigenvalue weighted by molar-refractivity contribution is -0.121. The van der Waals surface area contributed by atoms with Crippen molar-refractivity contribution in [2.45, 2.75) is 13.0 Å². The molecule has 16 heavy (non-hydrogen) atoms. The second-order valence-corrected chi connectivity index (χ2v) is 3.47. The first-order chi connectivity index (χ1) is 7.13. The van der Waals surface area contributed by atoms with Gasteiger partial charge in [-0.1, -0.05) is 17.7 Å². The molecule has 1 amide bonds. The fourth-order valence-electron chi connectivity index (χ4n) is 1.07. The van der Waals surface area contributed by atoms with Gasteiger partial charge in [-0.15, -0.1) is 12.4 Å². The van der Waals surface area contributed by atoms with Gasteiger partial charge >= 0.3 is 0 Å².